The number of anilines is 2. The molecule has 0 radical (unpaired) electrons. The summed E-state index contributed by atoms with van der Waals surface area (Å²) in [5.74, 6) is -1.80. The zero-order valence-electron chi connectivity index (χ0n) is 25.9. The first kappa shape index (κ1) is 30.1. The highest BCUT2D eigenvalue weighted by atomic mass is 16.5. The highest BCUT2D eigenvalue weighted by Gasteiger charge is 2.75. The van der Waals surface area contributed by atoms with Gasteiger partial charge in [-0.3, -0.25) is 14.4 Å². The molecule has 0 aliphatic carbocycles. The van der Waals surface area contributed by atoms with Crippen LogP contribution in [-0.4, -0.2) is 77.8 Å². The number of fused-ring (bicyclic) bond motifs is 2. The zero-order valence-corrected chi connectivity index (χ0v) is 25.9. The van der Waals surface area contributed by atoms with Crippen LogP contribution in [0.3, 0.4) is 0 Å². The van der Waals surface area contributed by atoms with Gasteiger partial charge in [0.05, 0.1) is 24.0 Å². The highest BCUT2D eigenvalue weighted by Crippen LogP contribution is 2.59. The van der Waals surface area contributed by atoms with Crippen molar-refractivity contribution in [1.29, 1.82) is 0 Å². The zero-order chi connectivity index (χ0) is 31.2. The average Bonchev–Trinajstić information content (AvgIpc) is 3.30. The largest absolute Gasteiger partial charge is 0.494 e. The van der Waals surface area contributed by atoms with Crippen molar-refractivity contribution in [3.8, 4) is 5.75 Å². The van der Waals surface area contributed by atoms with Gasteiger partial charge < -0.3 is 29.3 Å². The number of nitrogens with zero attached hydrogens (tertiary/aromatic N) is 3. The van der Waals surface area contributed by atoms with E-state index in [-0.39, 0.29) is 30.9 Å². The maximum Gasteiger partial charge on any atom is 0.253 e. The number of rotatable bonds is 8. The normalized spacial score (nSPS) is 29.4. The van der Waals surface area contributed by atoms with Crippen molar-refractivity contribution in [3.05, 3.63) is 77.9 Å². The SMILES string of the molecule is CCOc1ccc(N2CC=C[C@@]3(CC)O[C@]45C=CCN(c6cc(C)ccc6C)C(=O)C4N(CCCO)C(=O)[C@@H]5[C@H]3C2=O)cc1. The predicted molar refractivity (Wildman–Crippen MR) is 168 cm³/mol. The van der Waals surface area contributed by atoms with Crippen LogP contribution >= 0.6 is 0 Å². The Morgan fingerprint density at radius 3 is 2.34 bits per heavy atom. The van der Waals surface area contributed by atoms with Crippen LogP contribution in [0, 0.1) is 25.7 Å². The summed E-state index contributed by atoms with van der Waals surface area (Å²) in [4.78, 5) is 48.9. The van der Waals surface area contributed by atoms with Gasteiger partial charge in [0.15, 0.2) is 0 Å². The van der Waals surface area contributed by atoms with Gasteiger partial charge in [0.2, 0.25) is 11.8 Å². The number of likely N-dealkylation sites (tertiary alicyclic amines) is 1. The maximum absolute atomic E-state index is 14.7. The quantitative estimate of drug-likeness (QED) is 0.462. The molecule has 1 spiro atoms. The van der Waals surface area contributed by atoms with E-state index in [1.165, 1.54) is 0 Å². The molecule has 44 heavy (non-hydrogen) atoms. The highest BCUT2D eigenvalue weighted by molar-refractivity contribution is 6.08. The number of hydrogen-bond donors (Lipinski definition) is 1. The third-order valence-corrected chi connectivity index (χ3v) is 9.61. The Kier molecular flexibility index (Phi) is 7.88. The van der Waals surface area contributed by atoms with Crippen molar-refractivity contribution in [2.75, 3.05) is 42.6 Å². The molecular formula is C35H41N3O6. The molecule has 4 aliphatic heterocycles. The van der Waals surface area contributed by atoms with Gasteiger partial charge in [-0.2, -0.15) is 0 Å². The smallest absolute Gasteiger partial charge is 0.253 e. The molecule has 9 heteroatoms. The number of aliphatic hydroxyl groups is 1. The molecule has 2 fully saturated rings. The van der Waals surface area contributed by atoms with Crippen LogP contribution in [0.15, 0.2) is 66.8 Å². The fraction of sp³-hybridized carbons (Fsp3) is 0.457. The molecule has 0 aromatic heterocycles. The van der Waals surface area contributed by atoms with Gasteiger partial charge in [0.25, 0.3) is 5.91 Å². The van der Waals surface area contributed by atoms with E-state index in [2.05, 4.69) is 0 Å². The first-order chi connectivity index (χ1) is 21.2. The Bertz CT molecular complexity index is 1520. The van der Waals surface area contributed by atoms with E-state index >= 15 is 0 Å². The van der Waals surface area contributed by atoms with E-state index in [1.807, 2.05) is 94.5 Å². The fourth-order valence-corrected chi connectivity index (χ4v) is 7.59. The lowest BCUT2D eigenvalue weighted by Gasteiger charge is -2.38. The molecule has 5 atom stereocenters. The van der Waals surface area contributed by atoms with Crippen LogP contribution in [0.5, 0.6) is 5.75 Å². The summed E-state index contributed by atoms with van der Waals surface area (Å²) in [6.45, 7) is 9.06. The second-order valence-corrected chi connectivity index (χ2v) is 12.2. The molecule has 1 N–H and O–H groups in total. The van der Waals surface area contributed by atoms with Crippen molar-refractivity contribution >= 4 is 29.1 Å². The molecule has 2 saturated heterocycles. The van der Waals surface area contributed by atoms with E-state index < -0.39 is 29.1 Å². The van der Waals surface area contributed by atoms with E-state index in [4.69, 9.17) is 9.47 Å². The monoisotopic (exact) mass is 599 g/mol. The van der Waals surface area contributed by atoms with Gasteiger partial charge in [-0.15, -0.1) is 0 Å². The van der Waals surface area contributed by atoms with Crippen LogP contribution in [0.1, 0.15) is 37.8 Å². The lowest BCUT2D eigenvalue weighted by Crippen LogP contribution is -2.56. The second kappa shape index (κ2) is 11.5. The lowest BCUT2D eigenvalue weighted by molar-refractivity contribution is -0.145. The number of carbonyl (C=O) groups excluding carboxylic acids is 3. The van der Waals surface area contributed by atoms with Gasteiger partial charge >= 0.3 is 0 Å². The number of benzene rings is 2. The molecular weight excluding hydrogens is 558 g/mol. The minimum Gasteiger partial charge on any atom is -0.494 e. The van der Waals surface area contributed by atoms with Crippen LogP contribution in [0.2, 0.25) is 0 Å². The number of aliphatic hydroxyl groups excluding tert-OH is 1. The topological polar surface area (TPSA) is 99.6 Å². The van der Waals surface area contributed by atoms with Crippen LogP contribution < -0.4 is 14.5 Å². The molecule has 232 valence electrons. The molecule has 3 amide bonds. The Balaban J connectivity index is 1.46. The summed E-state index contributed by atoms with van der Waals surface area (Å²) < 4.78 is 12.7. The van der Waals surface area contributed by atoms with Gasteiger partial charge in [-0.1, -0.05) is 43.4 Å². The number of carbonyl (C=O) groups is 3. The van der Waals surface area contributed by atoms with Crippen molar-refractivity contribution in [2.45, 2.75) is 57.8 Å². The van der Waals surface area contributed by atoms with Gasteiger partial charge in [0.1, 0.15) is 17.4 Å². The summed E-state index contributed by atoms with van der Waals surface area (Å²) >= 11 is 0. The molecule has 6 rings (SSSR count). The minimum atomic E-state index is -1.35. The van der Waals surface area contributed by atoms with Crippen LogP contribution in [0.25, 0.3) is 0 Å². The maximum atomic E-state index is 14.7. The van der Waals surface area contributed by atoms with Crippen LogP contribution in [0.4, 0.5) is 11.4 Å². The van der Waals surface area contributed by atoms with Crippen LogP contribution in [-0.2, 0) is 19.1 Å². The summed E-state index contributed by atoms with van der Waals surface area (Å²) in [6.07, 6.45) is 8.41. The first-order valence-corrected chi connectivity index (χ1v) is 15.6. The second-order valence-electron chi connectivity index (χ2n) is 12.2. The van der Waals surface area contributed by atoms with E-state index in [9.17, 15) is 19.5 Å². The van der Waals surface area contributed by atoms with Crippen molar-refractivity contribution in [3.63, 3.8) is 0 Å². The number of aryl methyl sites for hydroxylation is 2. The standard InChI is InChI=1S/C35H41N3O6/c1-5-34-16-7-18-36(25-12-14-26(15-13-25)43-6-2)31(40)28(34)29-32(41)38(20-9-21-39)30-33(42)37(19-8-17-35(29,30)44-34)27-22-23(3)10-11-24(27)4/h7-8,10-17,22,28-30,39H,5-6,9,18-21H2,1-4H3/t28-,29-,30?,34+,35-/m0/s1. The number of ether oxygens (including phenoxy) is 2. The first-order valence-electron chi connectivity index (χ1n) is 15.6. The summed E-state index contributed by atoms with van der Waals surface area (Å²) in [6, 6.07) is 12.4. The summed E-state index contributed by atoms with van der Waals surface area (Å²) in [5.41, 5.74) is 1.03. The third-order valence-electron chi connectivity index (χ3n) is 9.61. The van der Waals surface area contributed by atoms with Crippen molar-refractivity contribution < 1.29 is 29.0 Å². The van der Waals surface area contributed by atoms with Crippen molar-refractivity contribution in [2.24, 2.45) is 11.8 Å². The lowest BCUT2D eigenvalue weighted by atomic mass is 9.73. The molecule has 4 heterocycles. The molecule has 1 unspecified atom stereocenters. The van der Waals surface area contributed by atoms with E-state index in [0.717, 1.165) is 16.8 Å². The van der Waals surface area contributed by atoms with E-state index in [0.29, 0.717) is 44.0 Å². The molecule has 2 aromatic carbocycles. The summed E-state index contributed by atoms with van der Waals surface area (Å²) in [5, 5.41) is 9.73. The number of hydrogen-bond acceptors (Lipinski definition) is 6. The Morgan fingerprint density at radius 1 is 0.909 bits per heavy atom. The fourth-order valence-electron chi connectivity index (χ4n) is 7.59. The number of amides is 3. The minimum absolute atomic E-state index is 0.130. The molecule has 0 saturated carbocycles. The van der Waals surface area contributed by atoms with Gasteiger partial charge in [-0.05, 0) is 75.1 Å². The Labute approximate surface area is 258 Å². The van der Waals surface area contributed by atoms with E-state index in [1.54, 1.807) is 14.7 Å². The molecule has 9 nitrogen and oxygen atoms in total. The third kappa shape index (κ3) is 4.56. The van der Waals surface area contributed by atoms with Gasteiger partial charge in [0, 0.05) is 37.6 Å². The predicted octanol–water partition coefficient (Wildman–Crippen LogP) is 3.95. The Hall–Kier alpha value is -3.95. The average molecular weight is 600 g/mol. The van der Waals surface area contributed by atoms with Crippen molar-refractivity contribution in [1.82, 2.24) is 4.90 Å². The molecule has 0 bridgehead atoms. The Morgan fingerprint density at radius 2 is 1.64 bits per heavy atom. The molecule has 2 aromatic rings. The molecule has 4 aliphatic rings. The van der Waals surface area contributed by atoms with Gasteiger partial charge in [-0.25, -0.2) is 0 Å². The summed E-state index contributed by atoms with van der Waals surface area (Å²) in [7, 11) is 0.